The second-order valence-electron chi connectivity index (χ2n) is 4.93. The summed E-state index contributed by atoms with van der Waals surface area (Å²) in [5.74, 6) is -1.29. The van der Waals surface area contributed by atoms with E-state index in [2.05, 4.69) is 4.90 Å². The third-order valence-electron chi connectivity index (χ3n) is 3.55. The molecular formula is C14H17F2NO. The zero-order valence-electron chi connectivity index (χ0n) is 10.5. The van der Waals surface area contributed by atoms with Crippen molar-refractivity contribution in [2.24, 2.45) is 0 Å². The highest BCUT2D eigenvalue weighted by molar-refractivity contribution is 5.79. The van der Waals surface area contributed by atoms with Gasteiger partial charge in [-0.1, -0.05) is 6.07 Å². The second kappa shape index (κ2) is 5.57. The average Bonchev–Trinajstić information content (AvgIpc) is 2.34. The van der Waals surface area contributed by atoms with E-state index in [1.54, 1.807) is 6.07 Å². The molecule has 1 aromatic rings. The summed E-state index contributed by atoms with van der Waals surface area (Å²) in [6.07, 6.45) is 2.98. The van der Waals surface area contributed by atoms with Gasteiger partial charge in [-0.2, -0.15) is 0 Å². The van der Waals surface area contributed by atoms with Crippen molar-refractivity contribution in [3.05, 3.63) is 35.4 Å². The lowest BCUT2D eigenvalue weighted by Gasteiger charge is -2.30. The fourth-order valence-corrected chi connectivity index (χ4v) is 2.42. The molecule has 1 aliphatic carbocycles. The number of benzene rings is 1. The Bertz CT molecular complexity index is 437. The van der Waals surface area contributed by atoms with Gasteiger partial charge in [0, 0.05) is 25.4 Å². The summed E-state index contributed by atoms with van der Waals surface area (Å²) in [6, 6.07) is 4.35. The molecule has 0 heterocycles. The van der Waals surface area contributed by atoms with Gasteiger partial charge in [0.1, 0.15) is 5.78 Å². The van der Waals surface area contributed by atoms with Crippen molar-refractivity contribution in [3.8, 4) is 0 Å². The monoisotopic (exact) mass is 253 g/mol. The molecule has 4 heteroatoms. The van der Waals surface area contributed by atoms with E-state index >= 15 is 0 Å². The Morgan fingerprint density at radius 1 is 1.22 bits per heavy atom. The SMILES string of the molecule is CN(Cc1ccc(F)c(F)c1)C1CCC(=O)CC1. The van der Waals surface area contributed by atoms with Gasteiger partial charge in [0.2, 0.25) is 0 Å². The van der Waals surface area contributed by atoms with Gasteiger partial charge in [-0.3, -0.25) is 9.69 Å². The molecule has 0 radical (unpaired) electrons. The van der Waals surface area contributed by atoms with Gasteiger partial charge in [0.05, 0.1) is 0 Å². The molecule has 0 amide bonds. The van der Waals surface area contributed by atoms with Crippen LogP contribution in [0, 0.1) is 11.6 Å². The molecule has 0 unspecified atom stereocenters. The Labute approximate surface area is 106 Å². The molecular weight excluding hydrogens is 236 g/mol. The first-order valence-corrected chi connectivity index (χ1v) is 6.22. The van der Waals surface area contributed by atoms with Crippen molar-refractivity contribution >= 4 is 5.78 Å². The van der Waals surface area contributed by atoms with E-state index in [9.17, 15) is 13.6 Å². The number of hydrogen-bond acceptors (Lipinski definition) is 2. The first-order chi connectivity index (χ1) is 8.56. The molecule has 2 rings (SSSR count). The van der Waals surface area contributed by atoms with Gasteiger partial charge in [-0.05, 0) is 37.6 Å². The maximum absolute atomic E-state index is 13.1. The standard InChI is InChI=1S/C14H17F2NO/c1-17(11-3-5-12(18)6-4-11)9-10-2-7-13(15)14(16)8-10/h2,7-8,11H,3-6,9H2,1H3. The number of nitrogens with zero attached hydrogens (tertiary/aromatic N) is 1. The summed E-state index contributed by atoms with van der Waals surface area (Å²) in [7, 11) is 1.96. The summed E-state index contributed by atoms with van der Waals surface area (Å²) in [5, 5.41) is 0. The van der Waals surface area contributed by atoms with Crippen LogP contribution in [0.4, 0.5) is 8.78 Å². The normalized spacial score (nSPS) is 17.4. The van der Waals surface area contributed by atoms with Crippen molar-refractivity contribution in [2.45, 2.75) is 38.3 Å². The lowest BCUT2D eigenvalue weighted by molar-refractivity contribution is -0.121. The number of halogens is 2. The van der Waals surface area contributed by atoms with E-state index in [0.717, 1.165) is 24.5 Å². The Hall–Kier alpha value is -1.29. The first kappa shape index (κ1) is 13.1. The maximum Gasteiger partial charge on any atom is 0.159 e. The number of carbonyl (C=O) groups excluding carboxylic acids is 1. The maximum atomic E-state index is 13.1. The van der Waals surface area contributed by atoms with Crippen LogP contribution in [-0.2, 0) is 11.3 Å². The lowest BCUT2D eigenvalue weighted by Crippen LogP contribution is -2.34. The highest BCUT2D eigenvalue weighted by Gasteiger charge is 2.22. The zero-order valence-corrected chi connectivity index (χ0v) is 10.5. The van der Waals surface area contributed by atoms with Crippen LogP contribution in [0.5, 0.6) is 0 Å². The van der Waals surface area contributed by atoms with Crippen LogP contribution in [0.2, 0.25) is 0 Å². The minimum atomic E-state index is -0.815. The molecule has 0 aliphatic heterocycles. The largest absolute Gasteiger partial charge is 0.300 e. The zero-order chi connectivity index (χ0) is 13.1. The van der Waals surface area contributed by atoms with Crippen LogP contribution in [-0.4, -0.2) is 23.8 Å². The molecule has 0 aromatic heterocycles. The van der Waals surface area contributed by atoms with Crippen LogP contribution in [0.1, 0.15) is 31.2 Å². The molecule has 0 bridgehead atoms. The van der Waals surface area contributed by atoms with Crippen LogP contribution >= 0.6 is 0 Å². The Kier molecular flexibility index (Phi) is 4.07. The van der Waals surface area contributed by atoms with E-state index in [4.69, 9.17) is 0 Å². The predicted octanol–water partition coefficient (Wildman–Crippen LogP) is 2.91. The van der Waals surface area contributed by atoms with Gasteiger partial charge in [0.15, 0.2) is 11.6 Å². The molecule has 1 fully saturated rings. The average molecular weight is 253 g/mol. The number of rotatable bonds is 3. The molecule has 98 valence electrons. The fourth-order valence-electron chi connectivity index (χ4n) is 2.42. The van der Waals surface area contributed by atoms with E-state index in [0.29, 0.717) is 31.2 Å². The lowest BCUT2D eigenvalue weighted by atomic mass is 9.93. The summed E-state index contributed by atoms with van der Waals surface area (Å²) in [5.41, 5.74) is 0.758. The molecule has 0 atom stereocenters. The first-order valence-electron chi connectivity index (χ1n) is 6.22. The van der Waals surface area contributed by atoms with Crippen molar-refractivity contribution in [1.29, 1.82) is 0 Å². The number of ketones is 1. The van der Waals surface area contributed by atoms with Gasteiger partial charge in [-0.15, -0.1) is 0 Å². The molecule has 1 aromatic carbocycles. The van der Waals surface area contributed by atoms with E-state index in [-0.39, 0.29) is 0 Å². The number of hydrogen-bond donors (Lipinski definition) is 0. The fraction of sp³-hybridized carbons (Fsp3) is 0.500. The molecule has 1 aliphatic rings. The van der Waals surface area contributed by atoms with Crippen LogP contribution in [0.25, 0.3) is 0 Å². The van der Waals surface area contributed by atoms with Gasteiger partial charge in [-0.25, -0.2) is 8.78 Å². The summed E-state index contributed by atoms with van der Waals surface area (Å²) in [6.45, 7) is 0.579. The summed E-state index contributed by atoms with van der Waals surface area (Å²) >= 11 is 0. The van der Waals surface area contributed by atoms with Crippen LogP contribution in [0.3, 0.4) is 0 Å². The Balaban J connectivity index is 1.96. The highest BCUT2D eigenvalue weighted by atomic mass is 19.2. The minimum absolute atomic E-state index is 0.326. The van der Waals surface area contributed by atoms with Crippen molar-refractivity contribution in [3.63, 3.8) is 0 Å². The van der Waals surface area contributed by atoms with Crippen LogP contribution < -0.4 is 0 Å². The van der Waals surface area contributed by atoms with E-state index in [1.165, 1.54) is 6.07 Å². The Morgan fingerprint density at radius 3 is 2.50 bits per heavy atom. The molecule has 1 saturated carbocycles. The minimum Gasteiger partial charge on any atom is -0.300 e. The van der Waals surface area contributed by atoms with Crippen LogP contribution in [0.15, 0.2) is 18.2 Å². The third-order valence-corrected chi connectivity index (χ3v) is 3.55. The van der Waals surface area contributed by atoms with E-state index in [1.807, 2.05) is 7.05 Å². The highest BCUT2D eigenvalue weighted by Crippen LogP contribution is 2.21. The Morgan fingerprint density at radius 2 is 1.89 bits per heavy atom. The molecule has 0 saturated heterocycles. The summed E-state index contributed by atoms with van der Waals surface area (Å²) in [4.78, 5) is 13.3. The summed E-state index contributed by atoms with van der Waals surface area (Å²) < 4.78 is 25.9. The smallest absolute Gasteiger partial charge is 0.159 e. The van der Waals surface area contributed by atoms with Crippen molar-refractivity contribution in [1.82, 2.24) is 4.90 Å². The third kappa shape index (κ3) is 3.13. The number of carbonyl (C=O) groups is 1. The topological polar surface area (TPSA) is 20.3 Å². The molecule has 2 nitrogen and oxygen atoms in total. The van der Waals surface area contributed by atoms with Gasteiger partial charge >= 0.3 is 0 Å². The van der Waals surface area contributed by atoms with Gasteiger partial charge < -0.3 is 0 Å². The second-order valence-corrected chi connectivity index (χ2v) is 4.93. The molecule has 0 N–H and O–H groups in total. The van der Waals surface area contributed by atoms with E-state index < -0.39 is 11.6 Å². The van der Waals surface area contributed by atoms with Crippen molar-refractivity contribution in [2.75, 3.05) is 7.05 Å². The van der Waals surface area contributed by atoms with Gasteiger partial charge in [0.25, 0.3) is 0 Å². The molecule has 0 spiro atoms. The predicted molar refractivity (Wildman–Crippen MR) is 65.1 cm³/mol. The quantitative estimate of drug-likeness (QED) is 0.825. The molecule has 18 heavy (non-hydrogen) atoms. The number of Topliss-reactive ketones (excluding diaryl/α,β-unsaturated/α-hetero) is 1. The van der Waals surface area contributed by atoms with Crippen molar-refractivity contribution < 1.29 is 13.6 Å².